The number of hydrogen-bond donors (Lipinski definition) is 1. The zero-order valence-corrected chi connectivity index (χ0v) is 14.8. The number of para-hydroxylation sites is 1. The topological polar surface area (TPSA) is 47.6 Å². The fraction of sp³-hybridized carbons (Fsp3) is 0.286. The molecule has 1 amide bonds. The molecule has 0 saturated heterocycles. The summed E-state index contributed by atoms with van der Waals surface area (Å²) in [5, 5.41) is 2.89. The highest BCUT2D eigenvalue weighted by Crippen LogP contribution is 2.35. The molecule has 0 aromatic heterocycles. The molecular weight excluding hydrogens is 314 g/mol. The Balaban J connectivity index is 1.79. The molecule has 0 radical (unpaired) electrons. The first-order chi connectivity index (χ1) is 12.1. The number of ether oxygens (including phenoxy) is 2. The molecule has 0 spiro atoms. The van der Waals surface area contributed by atoms with Crippen molar-refractivity contribution in [2.24, 2.45) is 0 Å². The lowest BCUT2D eigenvalue weighted by atomic mass is 10.1. The van der Waals surface area contributed by atoms with Crippen molar-refractivity contribution in [2.75, 3.05) is 11.9 Å². The van der Waals surface area contributed by atoms with Crippen LogP contribution in [0.3, 0.4) is 0 Å². The van der Waals surface area contributed by atoms with Crippen molar-refractivity contribution in [3.05, 3.63) is 59.2 Å². The standard InChI is InChI=1S/C21H23NO3/c1-4-24-19-13-17-11-15(3)25-20(17)12-16(19)9-10-21(23)22-18-8-6-5-7-14(18)2/h5-10,12-13,15H,4,11H2,1-3H3,(H,22,23)/b10-9+. The summed E-state index contributed by atoms with van der Waals surface area (Å²) in [5.41, 5.74) is 3.83. The lowest BCUT2D eigenvalue weighted by molar-refractivity contribution is -0.111. The van der Waals surface area contributed by atoms with E-state index in [0.717, 1.165) is 40.3 Å². The zero-order chi connectivity index (χ0) is 17.8. The average molecular weight is 337 g/mol. The van der Waals surface area contributed by atoms with Crippen LogP contribution < -0.4 is 14.8 Å². The van der Waals surface area contributed by atoms with Crippen molar-refractivity contribution in [3.8, 4) is 11.5 Å². The summed E-state index contributed by atoms with van der Waals surface area (Å²) in [6, 6.07) is 11.7. The maximum atomic E-state index is 12.2. The minimum atomic E-state index is -0.175. The Morgan fingerprint density at radius 2 is 2.16 bits per heavy atom. The Bertz CT molecular complexity index is 811. The molecule has 0 aliphatic carbocycles. The molecule has 2 aromatic carbocycles. The van der Waals surface area contributed by atoms with Crippen molar-refractivity contribution in [3.63, 3.8) is 0 Å². The molecule has 3 rings (SSSR count). The molecule has 0 fully saturated rings. The number of rotatable bonds is 5. The smallest absolute Gasteiger partial charge is 0.248 e. The minimum absolute atomic E-state index is 0.174. The van der Waals surface area contributed by atoms with E-state index in [2.05, 4.69) is 5.32 Å². The molecule has 130 valence electrons. The second kappa shape index (κ2) is 7.43. The van der Waals surface area contributed by atoms with Gasteiger partial charge in [0.15, 0.2) is 0 Å². The highest BCUT2D eigenvalue weighted by atomic mass is 16.5. The van der Waals surface area contributed by atoms with Gasteiger partial charge < -0.3 is 14.8 Å². The van der Waals surface area contributed by atoms with Gasteiger partial charge >= 0.3 is 0 Å². The lowest BCUT2D eigenvalue weighted by Crippen LogP contribution is -2.08. The third kappa shape index (κ3) is 4.02. The summed E-state index contributed by atoms with van der Waals surface area (Å²) in [4.78, 5) is 12.2. The number of carbonyl (C=O) groups is 1. The van der Waals surface area contributed by atoms with Crippen molar-refractivity contribution in [2.45, 2.75) is 33.3 Å². The summed E-state index contributed by atoms with van der Waals surface area (Å²) in [6.45, 7) is 6.53. The van der Waals surface area contributed by atoms with E-state index < -0.39 is 0 Å². The van der Waals surface area contributed by atoms with Gasteiger partial charge in [0.1, 0.15) is 17.6 Å². The highest BCUT2D eigenvalue weighted by Gasteiger charge is 2.21. The molecule has 1 N–H and O–H groups in total. The summed E-state index contributed by atoms with van der Waals surface area (Å²) < 4.78 is 11.5. The first-order valence-corrected chi connectivity index (χ1v) is 8.58. The van der Waals surface area contributed by atoms with Crippen LogP contribution in [0.5, 0.6) is 11.5 Å². The largest absolute Gasteiger partial charge is 0.493 e. The third-order valence-electron chi connectivity index (χ3n) is 4.15. The molecule has 0 saturated carbocycles. The van der Waals surface area contributed by atoms with Gasteiger partial charge in [0.05, 0.1) is 6.61 Å². The monoisotopic (exact) mass is 337 g/mol. The van der Waals surface area contributed by atoms with Crippen molar-refractivity contribution < 1.29 is 14.3 Å². The van der Waals surface area contributed by atoms with Crippen LogP contribution in [0.25, 0.3) is 6.08 Å². The second-order valence-corrected chi connectivity index (χ2v) is 6.20. The van der Waals surface area contributed by atoms with E-state index in [9.17, 15) is 4.79 Å². The number of carbonyl (C=O) groups excluding carboxylic acids is 1. The van der Waals surface area contributed by atoms with Gasteiger partial charge in [-0.3, -0.25) is 4.79 Å². The van der Waals surface area contributed by atoms with Gasteiger partial charge in [-0.2, -0.15) is 0 Å². The fourth-order valence-electron chi connectivity index (χ4n) is 2.92. The number of nitrogens with one attached hydrogen (secondary N) is 1. The first-order valence-electron chi connectivity index (χ1n) is 8.58. The van der Waals surface area contributed by atoms with Crippen LogP contribution in [0, 0.1) is 6.92 Å². The molecular formula is C21H23NO3. The van der Waals surface area contributed by atoms with Crippen molar-refractivity contribution in [1.29, 1.82) is 0 Å². The predicted octanol–water partition coefficient (Wildman–Crippen LogP) is 4.37. The average Bonchev–Trinajstić information content (AvgIpc) is 2.94. The van der Waals surface area contributed by atoms with Gasteiger partial charge in [0.2, 0.25) is 5.91 Å². The summed E-state index contributed by atoms with van der Waals surface area (Å²) in [5.74, 6) is 1.47. The number of aryl methyl sites for hydroxylation is 1. The summed E-state index contributed by atoms with van der Waals surface area (Å²) >= 11 is 0. The van der Waals surface area contributed by atoms with Crippen molar-refractivity contribution in [1.82, 2.24) is 0 Å². The zero-order valence-electron chi connectivity index (χ0n) is 14.8. The van der Waals surface area contributed by atoms with Crippen molar-refractivity contribution >= 4 is 17.7 Å². The fourth-order valence-corrected chi connectivity index (χ4v) is 2.92. The number of benzene rings is 2. The number of hydrogen-bond acceptors (Lipinski definition) is 3. The maximum absolute atomic E-state index is 12.2. The van der Waals surface area contributed by atoms with Crippen LogP contribution in [0.1, 0.15) is 30.5 Å². The molecule has 0 bridgehead atoms. The molecule has 4 nitrogen and oxygen atoms in total. The Hall–Kier alpha value is -2.75. The first kappa shape index (κ1) is 17.1. The summed E-state index contributed by atoms with van der Waals surface area (Å²) in [6.07, 6.45) is 4.35. The van der Waals surface area contributed by atoms with E-state index in [4.69, 9.17) is 9.47 Å². The molecule has 1 heterocycles. The molecule has 1 aliphatic rings. The summed E-state index contributed by atoms with van der Waals surface area (Å²) in [7, 11) is 0. The molecule has 1 atom stereocenters. The van der Waals surface area contributed by atoms with Gasteiger partial charge in [0, 0.05) is 29.3 Å². The van der Waals surface area contributed by atoms with Gasteiger partial charge in [-0.05, 0) is 50.6 Å². The molecule has 1 aliphatic heterocycles. The van der Waals surface area contributed by atoms with Gasteiger partial charge in [-0.25, -0.2) is 0 Å². The van der Waals surface area contributed by atoms with E-state index in [-0.39, 0.29) is 12.0 Å². The van der Waals surface area contributed by atoms with Crippen LogP contribution >= 0.6 is 0 Å². The van der Waals surface area contributed by atoms with Crippen LogP contribution in [0.2, 0.25) is 0 Å². The Morgan fingerprint density at radius 1 is 1.36 bits per heavy atom. The van der Waals surface area contributed by atoms with Crippen LogP contribution in [0.4, 0.5) is 5.69 Å². The Morgan fingerprint density at radius 3 is 2.92 bits per heavy atom. The SMILES string of the molecule is CCOc1cc2c(cc1/C=C/C(=O)Nc1ccccc1C)OC(C)C2. The Labute approximate surface area is 148 Å². The van der Waals surface area contributed by atoms with Crippen LogP contribution in [-0.2, 0) is 11.2 Å². The highest BCUT2D eigenvalue weighted by molar-refractivity contribution is 6.02. The quantitative estimate of drug-likeness (QED) is 0.824. The molecule has 1 unspecified atom stereocenters. The number of amides is 1. The lowest BCUT2D eigenvalue weighted by Gasteiger charge is -2.10. The number of anilines is 1. The van der Waals surface area contributed by atoms with E-state index in [1.807, 2.05) is 57.2 Å². The van der Waals surface area contributed by atoms with E-state index in [1.54, 1.807) is 6.08 Å². The van der Waals surface area contributed by atoms with Gasteiger partial charge in [0.25, 0.3) is 0 Å². The third-order valence-corrected chi connectivity index (χ3v) is 4.15. The Kier molecular flexibility index (Phi) is 5.08. The molecule has 2 aromatic rings. The predicted molar refractivity (Wildman–Crippen MR) is 100 cm³/mol. The minimum Gasteiger partial charge on any atom is -0.493 e. The second-order valence-electron chi connectivity index (χ2n) is 6.20. The van der Waals surface area contributed by atoms with E-state index in [1.165, 1.54) is 6.08 Å². The maximum Gasteiger partial charge on any atom is 0.248 e. The normalized spacial score (nSPS) is 15.7. The molecule has 25 heavy (non-hydrogen) atoms. The van der Waals surface area contributed by atoms with Gasteiger partial charge in [-0.15, -0.1) is 0 Å². The van der Waals surface area contributed by atoms with Gasteiger partial charge in [-0.1, -0.05) is 18.2 Å². The van der Waals surface area contributed by atoms with Crippen LogP contribution in [0.15, 0.2) is 42.5 Å². The molecule has 4 heteroatoms. The van der Waals surface area contributed by atoms with E-state index in [0.29, 0.717) is 6.61 Å². The number of fused-ring (bicyclic) bond motifs is 1. The van der Waals surface area contributed by atoms with Crippen LogP contribution in [-0.4, -0.2) is 18.6 Å². The van der Waals surface area contributed by atoms with E-state index >= 15 is 0 Å².